The van der Waals surface area contributed by atoms with Crippen LogP contribution in [0.4, 0.5) is 0 Å². The Kier molecular flexibility index (Phi) is 3.66. The number of hydrogen-bond acceptors (Lipinski definition) is 3. The third-order valence-corrected chi connectivity index (χ3v) is 6.69. The molecule has 1 unspecified atom stereocenters. The quantitative estimate of drug-likeness (QED) is 0.675. The van der Waals surface area contributed by atoms with E-state index in [9.17, 15) is 8.42 Å². The number of allylic oxidation sites excluding steroid dienone is 3. The van der Waals surface area contributed by atoms with Gasteiger partial charge in [-0.1, -0.05) is 11.6 Å². The summed E-state index contributed by atoms with van der Waals surface area (Å²) >= 11 is 8.19. The summed E-state index contributed by atoms with van der Waals surface area (Å²) in [5.74, 6) is 0. The van der Waals surface area contributed by atoms with Crippen molar-refractivity contribution in [3.8, 4) is 0 Å². The standard InChI is InChI=1S/C14H12ClIN2O2S/c1-14(8-11(15)7-12(16)9-14)21(19,20)18-6-4-10-3-2-5-17-13(10)18/h2-8H,9H2,1H3. The highest BCUT2D eigenvalue weighted by atomic mass is 127. The van der Waals surface area contributed by atoms with Crippen molar-refractivity contribution in [1.82, 2.24) is 8.96 Å². The average Bonchev–Trinajstić information content (AvgIpc) is 2.81. The van der Waals surface area contributed by atoms with E-state index in [4.69, 9.17) is 11.6 Å². The summed E-state index contributed by atoms with van der Waals surface area (Å²) in [4.78, 5) is 4.19. The molecule has 0 radical (unpaired) electrons. The van der Waals surface area contributed by atoms with Crippen molar-refractivity contribution in [3.63, 3.8) is 0 Å². The molecule has 1 aliphatic rings. The fourth-order valence-corrected chi connectivity index (χ4v) is 6.12. The maximum absolute atomic E-state index is 13.1. The Morgan fingerprint density at radius 2 is 2.19 bits per heavy atom. The van der Waals surface area contributed by atoms with Crippen LogP contribution in [0.3, 0.4) is 0 Å². The second-order valence-corrected chi connectivity index (χ2v) is 9.24. The Morgan fingerprint density at radius 3 is 2.90 bits per heavy atom. The van der Waals surface area contributed by atoms with Gasteiger partial charge < -0.3 is 0 Å². The SMILES string of the molecule is CC1(S(=O)(=O)n2ccc3cccnc32)C=C(Cl)C=C(I)C1. The lowest BCUT2D eigenvalue weighted by Gasteiger charge is -2.29. The molecule has 7 heteroatoms. The van der Waals surface area contributed by atoms with Gasteiger partial charge in [0, 0.05) is 29.2 Å². The molecule has 3 rings (SSSR count). The first-order valence-electron chi connectivity index (χ1n) is 6.25. The first-order chi connectivity index (χ1) is 9.83. The number of nitrogens with zero attached hydrogens (tertiary/aromatic N) is 2. The van der Waals surface area contributed by atoms with E-state index in [0.29, 0.717) is 17.1 Å². The first-order valence-corrected chi connectivity index (χ1v) is 9.15. The second-order valence-electron chi connectivity index (χ2n) is 5.14. The van der Waals surface area contributed by atoms with E-state index in [1.165, 1.54) is 3.97 Å². The molecular formula is C14H12ClIN2O2S. The molecule has 0 bridgehead atoms. The number of hydrogen-bond donors (Lipinski definition) is 0. The van der Waals surface area contributed by atoms with Gasteiger partial charge in [0.15, 0.2) is 5.65 Å². The molecule has 0 saturated carbocycles. The summed E-state index contributed by atoms with van der Waals surface area (Å²) in [5, 5.41) is 1.24. The van der Waals surface area contributed by atoms with Gasteiger partial charge in [0.05, 0.1) is 0 Å². The Bertz CT molecular complexity index is 885. The number of fused-ring (bicyclic) bond motifs is 1. The Labute approximate surface area is 141 Å². The monoisotopic (exact) mass is 434 g/mol. The minimum absolute atomic E-state index is 0.401. The van der Waals surface area contributed by atoms with Crippen LogP contribution in [0.5, 0.6) is 0 Å². The number of aromatic nitrogens is 2. The predicted octanol–water partition coefficient (Wildman–Crippen LogP) is 3.82. The second kappa shape index (κ2) is 5.10. The van der Waals surface area contributed by atoms with Gasteiger partial charge >= 0.3 is 0 Å². The zero-order chi connectivity index (χ0) is 15.3. The van der Waals surface area contributed by atoms with Gasteiger partial charge in [0.1, 0.15) is 4.75 Å². The van der Waals surface area contributed by atoms with Crippen molar-refractivity contribution < 1.29 is 8.42 Å². The molecule has 0 saturated heterocycles. The summed E-state index contributed by atoms with van der Waals surface area (Å²) in [7, 11) is -3.66. The molecule has 0 spiro atoms. The zero-order valence-electron chi connectivity index (χ0n) is 11.1. The van der Waals surface area contributed by atoms with Crippen molar-refractivity contribution in [1.29, 1.82) is 0 Å². The van der Waals surface area contributed by atoms with Crippen LogP contribution in [0.1, 0.15) is 13.3 Å². The summed E-state index contributed by atoms with van der Waals surface area (Å²) < 4.78 is 27.2. The number of halogens is 2. The minimum Gasteiger partial charge on any atom is -0.237 e. The van der Waals surface area contributed by atoms with Crippen molar-refractivity contribution >= 4 is 55.2 Å². The Hall–Kier alpha value is -0.860. The Morgan fingerprint density at radius 1 is 1.43 bits per heavy atom. The molecule has 0 aromatic carbocycles. The van der Waals surface area contributed by atoms with E-state index in [1.54, 1.807) is 43.6 Å². The van der Waals surface area contributed by atoms with Gasteiger partial charge in [-0.05, 0) is 63.4 Å². The van der Waals surface area contributed by atoms with E-state index in [0.717, 1.165) is 8.97 Å². The molecule has 2 heterocycles. The van der Waals surface area contributed by atoms with Crippen LogP contribution in [0.15, 0.2) is 51.4 Å². The van der Waals surface area contributed by atoms with Crippen LogP contribution >= 0.6 is 34.2 Å². The van der Waals surface area contributed by atoms with E-state index < -0.39 is 14.8 Å². The van der Waals surface area contributed by atoms with Gasteiger partial charge in [0.2, 0.25) is 10.0 Å². The van der Waals surface area contributed by atoms with Crippen molar-refractivity contribution in [2.24, 2.45) is 0 Å². The molecular weight excluding hydrogens is 423 g/mol. The van der Waals surface area contributed by atoms with E-state index >= 15 is 0 Å². The van der Waals surface area contributed by atoms with Crippen LogP contribution in [0.2, 0.25) is 0 Å². The summed E-state index contributed by atoms with van der Waals surface area (Å²) in [5.41, 5.74) is 0.438. The average molecular weight is 435 g/mol. The summed E-state index contributed by atoms with van der Waals surface area (Å²) in [6.45, 7) is 1.69. The molecule has 1 atom stereocenters. The fourth-order valence-electron chi connectivity index (χ4n) is 2.45. The summed E-state index contributed by atoms with van der Waals surface area (Å²) in [6.07, 6.45) is 6.92. The number of rotatable bonds is 2. The van der Waals surface area contributed by atoms with E-state index in [2.05, 4.69) is 27.6 Å². The van der Waals surface area contributed by atoms with Crippen molar-refractivity contribution in [3.05, 3.63) is 51.4 Å². The minimum atomic E-state index is -3.66. The predicted molar refractivity (Wildman–Crippen MR) is 93.1 cm³/mol. The molecule has 0 amide bonds. The molecule has 21 heavy (non-hydrogen) atoms. The lowest BCUT2D eigenvalue weighted by Crippen LogP contribution is -2.38. The van der Waals surface area contributed by atoms with Gasteiger partial charge in [-0.2, -0.15) is 0 Å². The highest BCUT2D eigenvalue weighted by molar-refractivity contribution is 14.1. The molecule has 2 aromatic rings. The number of pyridine rings is 1. The topological polar surface area (TPSA) is 52.0 Å². The van der Waals surface area contributed by atoms with Crippen molar-refractivity contribution in [2.75, 3.05) is 0 Å². The third-order valence-electron chi connectivity index (χ3n) is 3.52. The molecule has 0 N–H and O–H groups in total. The highest BCUT2D eigenvalue weighted by Gasteiger charge is 2.41. The molecule has 2 aromatic heterocycles. The van der Waals surface area contributed by atoms with Crippen LogP contribution < -0.4 is 0 Å². The van der Waals surface area contributed by atoms with Gasteiger partial charge in [-0.3, -0.25) is 0 Å². The smallest absolute Gasteiger partial charge is 0.237 e. The third kappa shape index (κ3) is 2.43. The normalized spacial score (nSPS) is 23.0. The maximum Gasteiger partial charge on any atom is 0.249 e. The highest BCUT2D eigenvalue weighted by Crippen LogP contribution is 2.38. The van der Waals surface area contributed by atoms with Crippen LogP contribution in [0, 0.1) is 0 Å². The van der Waals surface area contributed by atoms with Gasteiger partial charge in [0.25, 0.3) is 0 Å². The molecule has 0 fully saturated rings. The van der Waals surface area contributed by atoms with Crippen LogP contribution in [-0.4, -0.2) is 22.1 Å². The fraction of sp³-hybridized carbons (Fsp3) is 0.214. The largest absolute Gasteiger partial charge is 0.249 e. The molecule has 4 nitrogen and oxygen atoms in total. The maximum atomic E-state index is 13.1. The zero-order valence-corrected chi connectivity index (χ0v) is 14.9. The van der Waals surface area contributed by atoms with E-state index in [1.807, 2.05) is 6.07 Å². The molecule has 0 aliphatic heterocycles. The van der Waals surface area contributed by atoms with Gasteiger partial charge in [-0.15, -0.1) is 0 Å². The van der Waals surface area contributed by atoms with Crippen LogP contribution in [-0.2, 0) is 10.0 Å². The Balaban J connectivity index is 2.20. The lowest BCUT2D eigenvalue weighted by molar-refractivity contribution is 0.554. The molecule has 110 valence electrons. The van der Waals surface area contributed by atoms with Crippen molar-refractivity contribution in [2.45, 2.75) is 18.1 Å². The first kappa shape index (κ1) is 15.1. The lowest BCUT2D eigenvalue weighted by atomic mass is 10.0. The van der Waals surface area contributed by atoms with E-state index in [-0.39, 0.29) is 0 Å². The molecule has 1 aliphatic carbocycles. The summed E-state index contributed by atoms with van der Waals surface area (Å²) in [6, 6.07) is 5.37. The van der Waals surface area contributed by atoms with Gasteiger partial charge in [-0.25, -0.2) is 17.4 Å². The van der Waals surface area contributed by atoms with Crippen LogP contribution in [0.25, 0.3) is 11.0 Å².